The Kier molecular flexibility index (Phi) is 9.09. The third kappa shape index (κ3) is 6.40. The molecule has 3 heterocycles. The van der Waals surface area contributed by atoms with Gasteiger partial charge in [0.25, 0.3) is 5.71 Å². The number of rotatable bonds is 8. The predicted molar refractivity (Wildman–Crippen MR) is 265 cm³/mol. The average molecular weight is 766 g/mol. The number of nitrogens with zero attached hydrogens (tertiary/aromatic N) is 4. The number of hydrogen-bond acceptors (Lipinski definition) is 4. The second-order valence-electron chi connectivity index (χ2n) is 17.7. The van der Waals surface area contributed by atoms with Crippen molar-refractivity contribution in [1.82, 2.24) is 19.4 Å². The van der Waals surface area contributed by atoms with Crippen LogP contribution in [-0.4, -0.2) is 66.4 Å². The number of oxazole rings is 1. The van der Waals surface area contributed by atoms with Gasteiger partial charge in [0.2, 0.25) is 5.65 Å². The van der Waals surface area contributed by atoms with E-state index in [0.29, 0.717) is 17.2 Å². The number of benzene rings is 7. The number of aromatic nitrogens is 4. The normalized spacial score (nSPS) is 12.1. The minimum absolute atomic E-state index is 0.201. The fourth-order valence-electron chi connectivity index (χ4n) is 8.96. The van der Waals surface area contributed by atoms with Crippen molar-refractivity contribution in [3.05, 3.63) is 181 Å². The highest BCUT2D eigenvalue weighted by molar-refractivity contribution is 6.60. The largest absolute Gasteiger partial charge is 0.402 e. The van der Waals surface area contributed by atoms with Gasteiger partial charge in [0, 0.05) is 18.0 Å². The third-order valence-corrected chi connectivity index (χ3v) is 11.7. The molecular weight excluding hydrogens is 725 g/mol. The highest BCUT2D eigenvalue weighted by atomic mass is 16.4. The number of fused-ring (bicyclic) bond motifs is 5. The predicted octanol–water partition coefficient (Wildman–Crippen LogP) is 6.04. The lowest BCUT2D eigenvalue weighted by Crippen LogP contribution is -2.30. The zero-order chi connectivity index (χ0) is 41.2. The van der Waals surface area contributed by atoms with Crippen LogP contribution >= 0.6 is 0 Å². The van der Waals surface area contributed by atoms with Gasteiger partial charge in [-0.2, -0.15) is 4.98 Å². The first kappa shape index (κ1) is 37.5. The highest BCUT2D eigenvalue weighted by Gasteiger charge is 2.31. The van der Waals surface area contributed by atoms with Crippen molar-refractivity contribution < 1.29 is 4.42 Å². The van der Waals surface area contributed by atoms with Crippen molar-refractivity contribution in [2.45, 2.75) is 10.2 Å². The molecule has 0 radical (unpaired) electrons. The minimum atomic E-state index is -0.209. The Morgan fingerprint density at radius 1 is 0.433 bits per heavy atom. The maximum Gasteiger partial charge on any atom is 0.310 e. The molecule has 3 aromatic heterocycles. The first-order chi connectivity index (χ1) is 29.1. The van der Waals surface area contributed by atoms with Crippen LogP contribution in [0.5, 0.6) is 0 Å². The highest BCUT2D eigenvalue weighted by Crippen LogP contribution is 2.52. The molecule has 280 valence electrons. The van der Waals surface area contributed by atoms with Crippen LogP contribution in [0.1, 0.15) is 11.1 Å². The Morgan fingerprint density at radius 3 is 1.47 bits per heavy atom. The third-order valence-electron chi connectivity index (χ3n) is 11.7. The van der Waals surface area contributed by atoms with Crippen LogP contribution in [0.25, 0.3) is 95.0 Å². The summed E-state index contributed by atoms with van der Waals surface area (Å²) in [6.45, 7) is 0. The summed E-state index contributed by atoms with van der Waals surface area (Å²) in [4.78, 5) is 14.4. The molecule has 0 aliphatic heterocycles. The van der Waals surface area contributed by atoms with Crippen LogP contribution < -0.4 is 0 Å². The van der Waals surface area contributed by atoms with Crippen LogP contribution in [0.3, 0.4) is 0 Å². The fourth-order valence-corrected chi connectivity index (χ4v) is 8.96. The molecule has 0 fully saturated rings. The molecular formula is C49H40B6N4O. The lowest BCUT2D eigenvalue weighted by molar-refractivity contribution is 0.630. The molecule has 10 aromatic rings. The summed E-state index contributed by atoms with van der Waals surface area (Å²) in [5.74, 6) is 0.479. The summed E-state index contributed by atoms with van der Waals surface area (Å²) < 4.78 is 8.27. The van der Waals surface area contributed by atoms with E-state index < -0.39 is 0 Å². The van der Waals surface area contributed by atoms with Gasteiger partial charge < -0.3 is 4.42 Å². The summed E-state index contributed by atoms with van der Waals surface area (Å²) >= 11 is 0. The van der Waals surface area contributed by atoms with Crippen molar-refractivity contribution >= 4 is 75.3 Å². The van der Waals surface area contributed by atoms with Crippen LogP contribution in [0.2, 0.25) is 0 Å². The molecule has 11 heteroatoms. The molecule has 5 nitrogen and oxygen atoms in total. The van der Waals surface area contributed by atoms with Gasteiger partial charge in [-0.15, -0.1) is 0 Å². The molecule has 7 aromatic carbocycles. The number of imidazole rings is 1. The Morgan fingerprint density at radius 2 is 0.933 bits per heavy atom. The maximum atomic E-state index is 6.26. The topological polar surface area (TPSA) is 56.2 Å². The fraction of sp³-hybridized carbons (Fsp3) is 0.0408. The molecule has 60 heavy (non-hydrogen) atoms. The molecule has 0 saturated heterocycles. The summed E-state index contributed by atoms with van der Waals surface area (Å²) in [5, 5.41) is -0.409. The van der Waals surface area contributed by atoms with Crippen molar-refractivity contribution in [1.29, 1.82) is 0 Å². The van der Waals surface area contributed by atoms with E-state index in [-0.39, 0.29) is 10.2 Å². The van der Waals surface area contributed by atoms with Gasteiger partial charge in [-0.25, -0.2) is 14.4 Å². The van der Waals surface area contributed by atoms with Crippen LogP contribution in [0.15, 0.2) is 175 Å². The molecule has 0 aliphatic rings. The van der Waals surface area contributed by atoms with Gasteiger partial charge >= 0.3 is 5.84 Å². The van der Waals surface area contributed by atoms with E-state index in [2.05, 4.69) is 215 Å². The molecule has 0 spiro atoms. The summed E-state index contributed by atoms with van der Waals surface area (Å²) in [6, 6.07) is 57.4. The first-order valence-corrected chi connectivity index (χ1v) is 20.7. The van der Waals surface area contributed by atoms with Gasteiger partial charge in [0.15, 0.2) is 0 Å². The molecule has 0 aliphatic carbocycles. The molecule has 0 N–H and O–H groups in total. The van der Waals surface area contributed by atoms with Crippen molar-refractivity contribution in [2.75, 3.05) is 0 Å². The average Bonchev–Trinajstić information content (AvgIpc) is 3.82. The maximum absolute atomic E-state index is 6.26. The zero-order valence-corrected chi connectivity index (χ0v) is 34.9. The Bertz CT molecular complexity index is 3110. The summed E-state index contributed by atoms with van der Waals surface area (Å²) in [5.41, 5.74) is 19.3. The zero-order valence-electron chi connectivity index (χ0n) is 34.9. The Hall–Kier alpha value is -6.72. The molecule has 0 saturated carbocycles. The second kappa shape index (κ2) is 14.5. The first-order valence-electron chi connectivity index (χ1n) is 20.7. The Balaban J connectivity index is 1.39. The summed E-state index contributed by atoms with van der Waals surface area (Å²) in [6.07, 6.45) is 3.36. The van der Waals surface area contributed by atoms with E-state index in [1.807, 2.05) is 4.40 Å². The monoisotopic (exact) mass is 766 g/mol. The SMILES string of the molecule is BC(B)(B)c1ccc(-c2c(-c3ccccc3)c(-c3ccccc3)cc(-c3ccccc3)c2-c2ccccc2)cc1-c1c(C(B)(B)B)ccc2c1nc1oc3nccnc3n12. The minimum Gasteiger partial charge on any atom is -0.402 e. The van der Waals surface area contributed by atoms with E-state index in [1.165, 1.54) is 38.9 Å². The lowest BCUT2D eigenvalue weighted by Gasteiger charge is -2.30. The van der Waals surface area contributed by atoms with Crippen molar-refractivity contribution in [3.63, 3.8) is 0 Å². The van der Waals surface area contributed by atoms with E-state index in [1.54, 1.807) is 12.4 Å². The standard InChI is InChI=1S/C49H40B6N4O/c50-48(51,52)37-22-21-33(27-36(37)43-38(49(53,54)55)23-24-39-44(43)58-47-59(39)45-46(60-47)57-26-25-56-45)42-40(31-17-9-3-10-18-31)34(29-13-5-1-6-14-29)28-35(30-15-7-2-8-16-30)41(42)32-19-11-4-12-20-32/h1-28H,50-55H2. The summed E-state index contributed by atoms with van der Waals surface area (Å²) in [7, 11) is 13.8. The van der Waals surface area contributed by atoms with Gasteiger partial charge in [0.05, 0.1) is 52.6 Å². The van der Waals surface area contributed by atoms with Crippen LogP contribution in [-0.2, 0) is 10.2 Å². The molecule has 10 rings (SSSR count). The van der Waals surface area contributed by atoms with Gasteiger partial charge in [-0.1, -0.05) is 161 Å². The van der Waals surface area contributed by atoms with E-state index in [0.717, 1.165) is 50.0 Å². The number of hydrogen-bond donors (Lipinski definition) is 0. The molecule has 0 unspecified atom stereocenters. The van der Waals surface area contributed by atoms with Crippen LogP contribution in [0, 0.1) is 0 Å². The van der Waals surface area contributed by atoms with E-state index in [4.69, 9.17) is 9.40 Å². The van der Waals surface area contributed by atoms with E-state index in [9.17, 15) is 0 Å². The van der Waals surface area contributed by atoms with Crippen molar-refractivity contribution in [3.8, 4) is 66.8 Å². The molecule has 0 amide bonds. The van der Waals surface area contributed by atoms with Gasteiger partial charge in [0.1, 0.15) is 5.52 Å². The van der Waals surface area contributed by atoms with E-state index >= 15 is 0 Å². The van der Waals surface area contributed by atoms with Gasteiger partial charge in [-0.3, -0.25) is 0 Å². The quantitative estimate of drug-likeness (QED) is 0.177. The van der Waals surface area contributed by atoms with Crippen LogP contribution in [0.4, 0.5) is 0 Å². The smallest absolute Gasteiger partial charge is 0.310 e. The van der Waals surface area contributed by atoms with Crippen molar-refractivity contribution in [2.24, 2.45) is 0 Å². The second-order valence-corrected chi connectivity index (χ2v) is 17.7. The van der Waals surface area contributed by atoms with Gasteiger partial charge in [-0.05, 0) is 79.4 Å². The molecule has 0 bridgehead atoms. The Labute approximate surface area is 355 Å². The lowest BCUT2D eigenvalue weighted by atomic mass is 9.38. The molecule has 0 atom stereocenters.